The monoisotopic (exact) mass is 253 g/mol. The van der Waals surface area contributed by atoms with Gasteiger partial charge >= 0.3 is 0 Å². The lowest BCUT2D eigenvalue weighted by atomic mass is 10.2. The first-order valence-corrected chi connectivity index (χ1v) is 5.49. The number of nitrogens with one attached hydrogen (secondary N) is 2. The number of furan rings is 1. The van der Waals surface area contributed by atoms with E-state index in [4.69, 9.17) is 9.62 Å². The van der Waals surface area contributed by atoms with Crippen LogP contribution < -0.4 is 10.9 Å². The van der Waals surface area contributed by atoms with Crippen LogP contribution in [0.5, 0.6) is 0 Å². The SMILES string of the molecule is O=C(CCCCC(=O)N/N=C/c1ccoc1)NO. The largest absolute Gasteiger partial charge is 0.472 e. The van der Waals surface area contributed by atoms with Crippen molar-refractivity contribution in [3.63, 3.8) is 0 Å². The highest BCUT2D eigenvalue weighted by molar-refractivity contribution is 5.81. The molecule has 1 heterocycles. The van der Waals surface area contributed by atoms with Gasteiger partial charge in [-0.15, -0.1) is 0 Å². The van der Waals surface area contributed by atoms with Gasteiger partial charge in [0.2, 0.25) is 11.8 Å². The van der Waals surface area contributed by atoms with Crippen LogP contribution in [0, 0.1) is 0 Å². The van der Waals surface area contributed by atoms with E-state index in [0.717, 1.165) is 5.56 Å². The number of hydrazone groups is 1. The highest BCUT2D eigenvalue weighted by Crippen LogP contribution is 1.99. The molecule has 0 spiro atoms. The molecule has 7 nitrogen and oxygen atoms in total. The van der Waals surface area contributed by atoms with Gasteiger partial charge in [-0.1, -0.05) is 0 Å². The minimum atomic E-state index is -0.451. The first-order valence-electron chi connectivity index (χ1n) is 5.49. The van der Waals surface area contributed by atoms with Gasteiger partial charge in [-0.3, -0.25) is 14.8 Å². The maximum Gasteiger partial charge on any atom is 0.243 e. The second kappa shape index (κ2) is 8.02. The number of rotatable bonds is 7. The molecule has 0 aliphatic rings. The fourth-order valence-electron chi connectivity index (χ4n) is 1.21. The maximum atomic E-state index is 11.3. The molecule has 0 aromatic carbocycles. The highest BCUT2D eigenvalue weighted by Gasteiger charge is 2.02. The van der Waals surface area contributed by atoms with Crippen LogP contribution in [-0.2, 0) is 9.59 Å². The number of carbonyl (C=O) groups excluding carboxylic acids is 2. The van der Waals surface area contributed by atoms with Crippen molar-refractivity contribution in [1.29, 1.82) is 0 Å². The number of hydroxylamine groups is 1. The summed E-state index contributed by atoms with van der Waals surface area (Å²) in [6.07, 6.45) is 6.05. The van der Waals surface area contributed by atoms with Gasteiger partial charge in [0.05, 0.1) is 18.7 Å². The quantitative estimate of drug-likeness (QED) is 0.289. The van der Waals surface area contributed by atoms with E-state index in [1.165, 1.54) is 24.2 Å². The minimum Gasteiger partial charge on any atom is -0.472 e. The van der Waals surface area contributed by atoms with Gasteiger partial charge in [-0.2, -0.15) is 5.10 Å². The molecule has 18 heavy (non-hydrogen) atoms. The summed E-state index contributed by atoms with van der Waals surface area (Å²) < 4.78 is 4.82. The van der Waals surface area contributed by atoms with Crippen LogP contribution in [0.1, 0.15) is 31.2 Å². The van der Waals surface area contributed by atoms with Gasteiger partial charge in [-0.05, 0) is 18.9 Å². The van der Waals surface area contributed by atoms with Crippen molar-refractivity contribution in [3.05, 3.63) is 24.2 Å². The molecule has 3 N–H and O–H groups in total. The smallest absolute Gasteiger partial charge is 0.243 e. The Balaban J connectivity index is 2.09. The van der Waals surface area contributed by atoms with E-state index < -0.39 is 5.91 Å². The van der Waals surface area contributed by atoms with Crippen LogP contribution in [0.25, 0.3) is 0 Å². The molecule has 0 bridgehead atoms. The van der Waals surface area contributed by atoms with Gasteiger partial charge in [-0.25, -0.2) is 10.9 Å². The summed E-state index contributed by atoms with van der Waals surface area (Å²) >= 11 is 0. The topological polar surface area (TPSA) is 104 Å². The molecule has 0 atom stereocenters. The average Bonchev–Trinajstić information content (AvgIpc) is 2.87. The summed E-state index contributed by atoms with van der Waals surface area (Å²) in [6, 6.07) is 1.71. The standard InChI is InChI=1S/C11H15N3O4/c15-10(3-1-2-4-11(16)14-17)13-12-7-9-5-6-18-8-9/h5-8,17H,1-4H2,(H,13,15)(H,14,16)/b12-7+. The molecule has 0 fully saturated rings. The fourth-order valence-corrected chi connectivity index (χ4v) is 1.21. The van der Waals surface area contributed by atoms with E-state index >= 15 is 0 Å². The first-order chi connectivity index (χ1) is 8.72. The average molecular weight is 253 g/mol. The van der Waals surface area contributed by atoms with Gasteiger partial charge in [0, 0.05) is 18.4 Å². The third-order valence-corrected chi connectivity index (χ3v) is 2.13. The van der Waals surface area contributed by atoms with Gasteiger partial charge in [0.1, 0.15) is 0 Å². The zero-order chi connectivity index (χ0) is 13.2. The summed E-state index contributed by atoms with van der Waals surface area (Å²) in [5.74, 6) is -0.674. The third-order valence-electron chi connectivity index (χ3n) is 2.13. The normalized spacial score (nSPS) is 10.5. The summed E-state index contributed by atoms with van der Waals surface area (Å²) in [6.45, 7) is 0. The van der Waals surface area contributed by atoms with Gasteiger partial charge < -0.3 is 4.42 Å². The molecule has 1 aromatic heterocycles. The predicted molar refractivity (Wildman–Crippen MR) is 62.8 cm³/mol. The number of carbonyl (C=O) groups is 2. The van der Waals surface area contributed by atoms with E-state index in [-0.39, 0.29) is 18.7 Å². The van der Waals surface area contributed by atoms with Gasteiger partial charge in [0.25, 0.3) is 0 Å². The first kappa shape index (κ1) is 13.9. The molecule has 7 heteroatoms. The van der Waals surface area contributed by atoms with Crippen LogP contribution >= 0.6 is 0 Å². The Morgan fingerprint density at radius 1 is 1.33 bits per heavy atom. The van der Waals surface area contributed by atoms with Crippen molar-refractivity contribution in [3.8, 4) is 0 Å². The lowest BCUT2D eigenvalue weighted by Gasteiger charge is -1.99. The molecule has 98 valence electrons. The summed E-state index contributed by atoms with van der Waals surface area (Å²) in [5, 5.41) is 12.0. The third kappa shape index (κ3) is 5.80. The Labute approximate surface area is 104 Å². The van der Waals surface area contributed by atoms with Crippen LogP contribution in [0.2, 0.25) is 0 Å². The van der Waals surface area contributed by atoms with Crippen molar-refractivity contribution in [1.82, 2.24) is 10.9 Å². The molecule has 0 aliphatic carbocycles. The zero-order valence-electron chi connectivity index (χ0n) is 9.76. The number of hydrogen-bond donors (Lipinski definition) is 3. The Kier molecular flexibility index (Phi) is 6.20. The second-order valence-corrected chi connectivity index (χ2v) is 3.59. The molecule has 2 amide bonds. The molecule has 0 saturated carbocycles. The van der Waals surface area contributed by atoms with E-state index in [0.29, 0.717) is 12.8 Å². The van der Waals surface area contributed by atoms with Crippen LogP contribution in [0.4, 0.5) is 0 Å². The number of amides is 2. The van der Waals surface area contributed by atoms with Crippen molar-refractivity contribution in [2.75, 3.05) is 0 Å². The maximum absolute atomic E-state index is 11.3. The van der Waals surface area contributed by atoms with E-state index in [1.807, 2.05) is 0 Å². The number of hydrogen-bond acceptors (Lipinski definition) is 5. The Bertz CT molecular complexity index is 400. The summed E-state index contributed by atoms with van der Waals surface area (Å²) in [4.78, 5) is 22.0. The molecular formula is C11H15N3O4. The fraction of sp³-hybridized carbons (Fsp3) is 0.364. The molecule has 0 unspecified atom stereocenters. The minimum absolute atomic E-state index is 0.196. The number of unbranched alkanes of at least 4 members (excludes halogenated alkanes) is 1. The van der Waals surface area contributed by atoms with E-state index in [2.05, 4.69) is 10.5 Å². The summed E-state index contributed by atoms with van der Waals surface area (Å²) in [5.41, 5.74) is 4.65. The van der Waals surface area contributed by atoms with Crippen molar-refractivity contribution in [2.45, 2.75) is 25.7 Å². The van der Waals surface area contributed by atoms with Crippen LogP contribution in [0.3, 0.4) is 0 Å². The Morgan fingerprint density at radius 2 is 2.06 bits per heavy atom. The number of nitrogens with zero attached hydrogens (tertiary/aromatic N) is 1. The Morgan fingerprint density at radius 3 is 2.67 bits per heavy atom. The second-order valence-electron chi connectivity index (χ2n) is 3.59. The van der Waals surface area contributed by atoms with E-state index in [1.54, 1.807) is 6.07 Å². The molecule has 0 aliphatic heterocycles. The lowest BCUT2D eigenvalue weighted by Crippen LogP contribution is -2.19. The highest BCUT2D eigenvalue weighted by atomic mass is 16.5. The lowest BCUT2D eigenvalue weighted by molar-refractivity contribution is -0.129. The van der Waals surface area contributed by atoms with Crippen LogP contribution in [0.15, 0.2) is 28.1 Å². The van der Waals surface area contributed by atoms with Gasteiger partial charge in [0.15, 0.2) is 0 Å². The zero-order valence-corrected chi connectivity index (χ0v) is 9.76. The van der Waals surface area contributed by atoms with Crippen molar-refractivity contribution in [2.24, 2.45) is 5.10 Å². The molecule has 1 aromatic rings. The molecular weight excluding hydrogens is 238 g/mol. The van der Waals surface area contributed by atoms with E-state index in [9.17, 15) is 9.59 Å². The van der Waals surface area contributed by atoms with Crippen molar-refractivity contribution < 1.29 is 19.2 Å². The molecule has 0 radical (unpaired) electrons. The van der Waals surface area contributed by atoms with Crippen molar-refractivity contribution >= 4 is 18.0 Å². The molecule has 0 saturated heterocycles. The van der Waals surface area contributed by atoms with Crippen LogP contribution in [-0.4, -0.2) is 23.2 Å². The molecule has 1 rings (SSSR count). The Hall–Kier alpha value is -2.15. The predicted octanol–water partition coefficient (Wildman–Crippen LogP) is 0.795. The summed E-state index contributed by atoms with van der Waals surface area (Å²) in [7, 11) is 0.